The largest absolute Gasteiger partial charge is 0.495 e. The Morgan fingerprint density at radius 3 is 2.71 bits per heavy atom. The average molecular weight is 216 g/mol. The van der Waals surface area contributed by atoms with Crippen LogP contribution in [-0.4, -0.2) is 20.8 Å². The van der Waals surface area contributed by atoms with Gasteiger partial charge < -0.3 is 15.2 Å². The van der Waals surface area contributed by atoms with E-state index in [0.29, 0.717) is 17.4 Å². The molecule has 0 fully saturated rings. The Balaban J connectivity index is 3.00. The summed E-state index contributed by atoms with van der Waals surface area (Å²) in [4.78, 5) is 0. The molecule has 14 heavy (non-hydrogen) atoms. The van der Waals surface area contributed by atoms with Gasteiger partial charge in [-0.3, -0.25) is 0 Å². The standard InChI is InChI=1S/C10H14ClNO2/c1-13-6-9(12)7-4-3-5-8(11)10(7)14-2/h3-5,9H,6,12H2,1-2H3. The lowest BCUT2D eigenvalue weighted by Crippen LogP contribution is -2.17. The monoisotopic (exact) mass is 215 g/mol. The van der Waals surface area contributed by atoms with Gasteiger partial charge in [0.15, 0.2) is 0 Å². The Kier molecular flexibility index (Phi) is 4.20. The maximum Gasteiger partial charge on any atom is 0.142 e. The third kappa shape index (κ3) is 2.38. The maximum atomic E-state index is 5.95. The third-order valence-electron chi connectivity index (χ3n) is 1.95. The molecule has 4 heteroatoms. The summed E-state index contributed by atoms with van der Waals surface area (Å²) in [6, 6.07) is 5.28. The van der Waals surface area contributed by atoms with Gasteiger partial charge in [0, 0.05) is 12.7 Å². The molecule has 0 aliphatic carbocycles. The predicted molar refractivity (Wildman–Crippen MR) is 56.8 cm³/mol. The van der Waals surface area contributed by atoms with Crippen molar-refractivity contribution in [3.63, 3.8) is 0 Å². The second kappa shape index (κ2) is 5.20. The molecule has 0 bridgehead atoms. The van der Waals surface area contributed by atoms with Gasteiger partial charge in [-0.15, -0.1) is 0 Å². The fourth-order valence-corrected chi connectivity index (χ4v) is 1.56. The van der Waals surface area contributed by atoms with E-state index in [-0.39, 0.29) is 6.04 Å². The minimum Gasteiger partial charge on any atom is -0.495 e. The fraction of sp³-hybridized carbons (Fsp3) is 0.400. The van der Waals surface area contributed by atoms with E-state index >= 15 is 0 Å². The van der Waals surface area contributed by atoms with Gasteiger partial charge in [0.25, 0.3) is 0 Å². The van der Waals surface area contributed by atoms with Crippen LogP contribution in [0.4, 0.5) is 0 Å². The third-order valence-corrected chi connectivity index (χ3v) is 2.24. The maximum absolute atomic E-state index is 5.95. The summed E-state index contributed by atoms with van der Waals surface area (Å²) in [6.07, 6.45) is 0. The summed E-state index contributed by atoms with van der Waals surface area (Å²) in [7, 11) is 3.18. The number of hydrogen-bond donors (Lipinski definition) is 1. The van der Waals surface area contributed by atoms with Crippen LogP contribution in [0.5, 0.6) is 5.75 Å². The highest BCUT2D eigenvalue weighted by atomic mass is 35.5. The highest BCUT2D eigenvalue weighted by Crippen LogP contribution is 2.31. The minimum atomic E-state index is -0.214. The van der Waals surface area contributed by atoms with Gasteiger partial charge in [-0.05, 0) is 6.07 Å². The predicted octanol–water partition coefficient (Wildman–Crippen LogP) is 1.99. The summed E-state index contributed by atoms with van der Waals surface area (Å²) in [6.45, 7) is 0.441. The molecule has 2 N–H and O–H groups in total. The smallest absolute Gasteiger partial charge is 0.142 e. The Morgan fingerprint density at radius 1 is 1.43 bits per heavy atom. The van der Waals surface area contributed by atoms with Crippen molar-refractivity contribution in [3.8, 4) is 5.75 Å². The SMILES string of the molecule is COCC(N)c1cccc(Cl)c1OC. The van der Waals surface area contributed by atoms with Crippen molar-refractivity contribution in [1.29, 1.82) is 0 Å². The van der Waals surface area contributed by atoms with Crippen molar-refractivity contribution in [1.82, 2.24) is 0 Å². The van der Waals surface area contributed by atoms with Crippen LogP contribution in [0.1, 0.15) is 11.6 Å². The molecule has 0 radical (unpaired) electrons. The summed E-state index contributed by atoms with van der Waals surface area (Å²) in [5, 5.41) is 0.566. The first-order valence-corrected chi connectivity index (χ1v) is 4.65. The summed E-state index contributed by atoms with van der Waals surface area (Å²) < 4.78 is 10.1. The van der Waals surface area contributed by atoms with E-state index in [4.69, 9.17) is 26.8 Å². The van der Waals surface area contributed by atoms with Crippen LogP contribution in [0.2, 0.25) is 5.02 Å². The molecule has 0 spiro atoms. The zero-order valence-electron chi connectivity index (χ0n) is 8.29. The quantitative estimate of drug-likeness (QED) is 0.836. The van der Waals surface area contributed by atoms with Gasteiger partial charge in [0.2, 0.25) is 0 Å². The Hall–Kier alpha value is -0.770. The van der Waals surface area contributed by atoms with Gasteiger partial charge in [0.05, 0.1) is 24.8 Å². The van der Waals surface area contributed by atoms with Crippen LogP contribution < -0.4 is 10.5 Å². The average Bonchev–Trinajstić information content (AvgIpc) is 2.17. The van der Waals surface area contributed by atoms with Crippen LogP contribution in [0.15, 0.2) is 18.2 Å². The first kappa shape index (κ1) is 11.3. The molecule has 1 unspecified atom stereocenters. The number of benzene rings is 1. The number of nitrogens with two attached hydrogens (primary N) is 1. The van der Waals surface area contributed by atoms with Gasteiger partial charge in [-0.2, -0.15) is 0 Å². The second-order valence-corrected chi connectivity index (χ2v) is 3.33. The number of methoxy groups -OCH3 is 2. The lowest BCUT2D eigenvalue weighted by atomic mass is 10.1. The zero-order valence-corrected chi connectivity index (χ0v) is 9.04. The topological polar surface area (TPSA) is 44.5 Å². The molecule has 0 heterocycles. The normalized spacial score (nSPS) is 12.6. The molecule has 0 aromatic heterocycles. The Morgan fingerprint density at radius 2 is 2.14 bits per heavy atom. The number of ether oxygens (including phenoxy) is 2. The van der Waals surface area contributed by atoms with Gasteiger partial charge in [0.1, 0.15) is 5.75 Å². The number of rotatable bonds is 4. The van der Waals surface area contributed by atoms with Crippen LogP contribution in [-0.2, 0) is 4.74 Å². The highest BCUT2D eigenvalue weighted by Gasteiger charge is 2.13. The lowest BCUT2D eigenvalue weighted by Gasteiger charge is -2.15. The summed E-state index contributed by atoms with van der Waals surface area (Å²) >= 11 is 5.95. The van der Waals surface area contributed by atoms with E-state index in [0.717, 1.165) is 5.56 Å². The summed E-state index contributed by atoms with van der Waals surface area (Å²) in [5.74, 6) is 0.624. The summed E-state index contributed by atoms with van der Waals surface area (Å²) in [5.41, 5.74) is 6.75. The van der Waals surface area contributed by atoms with Crippen molar-refractivity contribution < 1.29 is 9.47 Å². The first-order chi connectivity index (χ1) is 6.70. The van der Waals surface area contributed by atoms with Crippen LogP contribution in [0.3, 0.4) is 0 Å². The number of hydrogen-bond acceptors (Lipinski definition) is 3. The number of para-hydroxylation sites is 1. The molecule has 0 saturated carbocycles. The van der Waals surface area contributed by atoms with Gasteiger partial charge in [-0.25, -0.2) is 0 Å². The number of halogens is 1. The molecular formula is C10H14ClNO2. The Bertz CT molecular complexity index is 304. The zero-order chi connectivity index (χ0) is 10.6. The molecule has 0 saturated heterocycles. The van der Waals surface area contributed by atoms with E-state index in [9.17, 15) is 0 Å². The van der Waals surface area contributed by atoms with Crippen molar-refractivity contribution in [2.24, 2.45) is 5.73 Å². The van der Waals surface area contributed by atoms with E-state index in [2.05, 4.69) is 0 Å². The molecule has 1 aromatic carbocycles. The molecule has 0 amide bonds. The van der Waals surface area contributed by atoms with Crippen molar-refractivity contribution in [2.75, 3.05) is 20.8 Å². The molecule has 1 atom stereocenters. The molecular weight excluding hydrogens is 202 g/mol. The molecule has 1 rings (SSSR count). The van der Waals surface area contributed by atoms with Crippen LogP contribution in [0, 0.1) is 0 Å². The van der Waals surface area contributed by atoms with Gasteiger partial charge in [-0.1, -0.05) is 23.7 Å². The van der Waals surface area contributed by atoms with E-state index in [1.54, 1.807) is 20.3 Å². The minimum absolute atomic E-state index is 0.214. The van der Waals surface area contributed by atoms with E-state index < -0.39 is 0 Å². The fourth-order valence-electron chi connectivity index (χ4n) is 1.30. The van der Waals surface area contributed by atoms with Crippen molar-refractivity contribution in [3.05, 3.63) is 28.8 Å². The van der Waals surface area contributed by atoms with Crippen LogP contribution in [0.25, 0.3) is 0 Å². The second-order valence-electron chi connectivity index (χ2n) is 2.92. The van der Waals surface area contributed by atoms with Crippen LogP contribution >= 0.6 is 11.6 Å². The highest BCUT2D eigenvalue weighted by molar-refractivity contribution is 6.32. The molecule has 3 nitrogen and oxygen atoms in total. The van der Waals surface area contributed by atoms with E-state index in [1.165, 1.54) is 0 Å². The Labute approximate surface area is 88.8 Å². The van der Waals surface area contributed by atoms with Gasteiger partial charge >= 0.3 is 0 Å². The van der Waals surface area contributed by atoms with Crippen molar-refractivity contribution in [2.45, 2.75) is 6.04 Å². The van der Waals surface area contributed by atoms with Crippen molar-refractivity contribution >= 4 is 11.6 Å². The molecule has 1 aromatic rings. The molecule has 0 aliphatic heterocycles. The molecule has 78 valence electrons. The first-order valence-electron chi connectivity index (χ1n) is 4.27. The van der Waals surface area contributed by atoms with E-state index in [1.807, 2.05) is 12.1 Å². The molecule has 0 aliphatic rings. The lowest BCUT2D eigenvalue weighted by molar-refractivity contribution is 0.179.